The van der Waals surface area contributed by atoms with Crippen LogP contribution >= 0.6 is 12.4 Å². The van der Waals surface area contributed by atoms with Crippen LogP contribution in [0, 0.1) is 5.92 Å². The number of likely N-dealkylation sites (N-methyl/N-ethyl adjacent to an activating group) is 1. The molecule has 1 aromatic rings. The highest BCUT2D eigenvalue weighted by Crippen LogP contribution is 2.30. The van der Waals surface area contributed by atoms with Gasteiger partial charge in [-0.15, -0.1) is 12.4 Å². The molecule has 0 saturated heterocycles. The molecule has 22 heavy (non-hydrogen) atoms. The first-order valence-corrected chi connectivity index (χ1v) is 7.22. The number of hydrogen-bond donors (Lipinski definition) is 2. The van der Waals surface area contributed by atoms with Crippen molar-refractivity contribution in [1.29, 1.82) is 0 Å². The molecular weight excluding hydrogens is 304 g/mol. The van der Waals surface area contributed by atoms with Gasteiger partial charge in [0.1, 0.15) is 0 Å². The monoisotopic (exact) mass is 330 g/mol. The largest absolute Gasteiger partial charge is 0.493 e. The van der Waals surface area contributed by atoms with Crippen molar-refractivity contribution >= 4 is 18.3 Å². The Kier molecular flexibility index (Phi) is 9.61. The van der Waals surface area contributed by atoms with E-state index in [1.54, 1.807) is 14.2 Å². The fourth-order valence-electron chi connectivity index (χ4n) is 1.87. The van der Waals surface area contributed by atoms with Gasteiger partial charge in [0.05, 0.1) is 26.3 Å². The Hall–Kier alpha value is -1.46. The highest BCUT2D eigenvalue weighted by atomic mass is 35.5. The third-order valence-corrected chi connectivity index (χ3v) is 2.97. The van der Waals surface area contributed by atoms with Crippen molar-refractivity contribution in [2.24, 2.45) is 5.92 Å². The smallest absolute Gasteiger partial charge is 0.234 e. The fourth-order valence-corrected chi connectivity index (χ4v) is 1.87. The topological polar surface area (TPSA) is 59.6 Å². The van der Waals surface area contributed by atoms with Crippen LogP contribution in [-0.2, 0) is 4.79 Å². The van der Waals surface area contributed by atoms with Crippen LogP contribution in [0.15, 0.2) is 18.2 Å². The first kappa shape index (κ1) is 20.5. The van der Waals surface area contributed by atoms with Crippen molar-refractivity contribution in [3.05, 3.63) is 23.8 Å². The number of methoxy groups -OCH3 is 1. The Morgan fingerprint density at radius 3 is 2.45 bits per heavy atom. The summed E-state index contributed by atoms with van der Waals surface area (Å²) in [6.45, 7) is 7.08. The molecule has 1 atom stereocenters. The van der Waals surface area contributed by atoms with Crippen molar-refractivity contribution in [1.82, 2.24) is 10.6 Å². The summed E-state index contributed by atoms with van der Waals surface area (Å²) in [7, 11) is 3.36. The van der Waals surface area contributed by atoms with Crippen LogP contribution in [0.3, 0.4) is 0 Å². The van der Waals surface area contributed by atoms with Crippen LogP contribution in [0.25, 0.3) is 0 Å². The summed E-state index contributed by atoms with van der Waals surface area (Å²) in [5.74, 6) is 1.82. The number of halogens is 1. The van der Waals surface area contributed by atoms with E-state index in [9.17, 15) is 4.79 Å². The summed E-state index contributed by atoms with van der Waals surface area (Å²) >= 11 is 0. The fraction of sp³-hybridized carbons (Fsp3) is 0.562. The molecule has 1 aromatic carbocycles. The first-order chi connectivity index (χ1) is 9.97. The molecule has 1 rings (SSSR count). The molecule has 0 fully saturated rings. The summed E-state index contributed by atoms with van der Waals surface area (Å²) in [6.07, 6.45) is 0. The normalized spacial score (nSPS) is 11.5. The average Bonchev–Trinajstić information content (AvgIpc) is 2.44. The van der Waals surface area contributed by atoms with Gasteiger partial charge in [-0.3, -0.25) is 4.79 Å². The molecule has 0 aromatic heterocycles. The molecule has 0 saturated carbocycles. The van der Waals surface area contributed by atoms with Gasteiger partial charge in [0.2, 0.25) is 5.91 Å². The summed E-state index contributed by atoms with van der Waals surface area (Å²) in [4.78, 5) is 11.6. The lowest BCUT2D eigenvalue weighted by molar-refractivity contribution is -0.120. The highest BCUT2D eigenvalue weighted by molar-refractivity contribution is 5.85. The predicted molar refractivity (Wildman–Crippen MR) is 91.1 cm³/mol. The van der Waals surface area contributed by atoms with Gasteiger partial charge in [-0.25, -0.2) is 0 Å². The zero-order valence-corrected chi connectivity index (χ0v) is 14.8. The lowest BCUT2D eigenvalue weighted by Crippen LogP contribution is -2.33. The third kappa shape index (κ3) is 6.54. The van der Waals surface area contributed by atoms with Crippen molar-refractivity contribution in [2.45, 2.75) is 26.8 Å². The van der Waals surface area contributed by atoms with E-state index in [0.29, 0.717) is 24.8 Å². The molecule has 1 amide bonds. The number of hydrogen-bond acceptors (Lipinski definition) is 4. The number of ether oxygens (including phenoxy) is 2. The van der Waals surface area contributed by atoms with Gasteiger partial charge in [0, 0.05) is 0 Å². The Morgan fingerprint density at radius 2 is 1.91 bits per heavy atom. The van der Waals surface area contributed by atoms with Crippen LogP contribution in [0.2, 0.25) is 0 Å². The summed E-state index contributed by atoms with van der Waals surface area (Å²) in [6, 6.07) is 5.65. The lowest BCUT2D eigenvalue weighted by atomic mass is 10.1. The Labute approximate surface area is 139 Å². The molecule has 0 aliphatic carbocycles. The molecule has 0 spiro atoms. The van der Waals surface area contributed by atoms with E-state index >= 15 is 0 Å². The van der Waals surface area contributed by atoms with E-state index in [1.165, 1.54) is 0 Å². The van der Waals surface area contributed by atoms with Crippen LogP contribution in [0.5, 0.6) is 11.5 Å². The minimum Gasteiger partial charge on any atom is -0.493 e. The van der Waals surface area contributed by atoms with Crippen molar-refractivity contribution < 1.29 is 14.3 Å². The van der Waals surface area contributed by atoms with Crippen LogP contribution in [0.4, 0.5) is 0 Å². The quantitative estimate of drug-likeness (QED) is 0.769. The Morgan fingerprint density at radius 1 is 1.23 bits per heavy atom. The van der Waals surface area contributed by atoms with Crippen LogP contribution in [0.1, 0.15) is 32.4 Å². The van der Waals surface area contributed by atoms with E-state index in [0.717, 1.165) is 11.3 Å². The van der Waals surface area contributed by atoms with Gasteiger partial charge in [-0.05, 0) is 37.6 Å². The van der Waals surface area contributed by atoms with Gasteiger partial charge in [-0.2, -0.15) is 0 Å². The molecule has 1 unspecified atom stereocenters. The molecule has 2 N–H and O–H groups in total. The number of benzene rings is 1. The molecule has 6 heteroatoms. The number of nitrogens with one attached hydrogen (secondary N) is 2. The van der Waals surface area contributed by atoms with Gasteiger partial charge in [0.15, 0.2) is 11.5 Å². The van der Waals surface area contributed by atoms with Gasteiger partial charge in [-0.1, -0.05) is 19.9 Å². The summed E-state index contributed by atoms with van der Waals surface area (Å²) in [5, 5.41) is 5.75. The second-order valence-corrected chi connectivity index (χ2v) is 5.43. The molecule has 0 aliphatic heterocycles. The second kappa shape index (κ2) is 10.3. The maximum atomic E-state index is 11.6. The summed E-state index contributed by atoms with van der Waals surface area (Å²) < 4.78 is 11.1. The molecular formula is C16H27ClN2O3. The van der Waals surface area contributed by atoms with E-state index in [-0.39, 0.29) is 24.4 Å². The molecule has 0 heterocycles. The van der Waals surface area contributed by atoms with Crippen molar-refractivity contribution in [3.63, 3.8) is 0 Å². The number of carbonyl (C=O) groups excluding carboxylic acids is 1. The zero-order chi connectivity index (χ0) is 15.8. The molecule has 126 valence electrons. The highest BCUT2D eigenvalue weighted by Gasteiger charge is 2.13. The predicted octanol–water partition coefficient (Wildman–Crippen LogP) is 2.55. The van der Waals surface area contributed by atoms with E-state index in [4.69, 9.17) is 9.47 Å². The summed E-state index contributed by atoms with van der Waals surface area (Å²) in [5.41, 5.74) is 0.980. The standard InChI is InChI=1S/C16H26N2O3.ClH/c1-11(2)10-21-14-7-6-13(8-15(14)20-5)12(3)18-16(19)9-17-4;/h6-8,11-12,17H,9-10H2,1-5H3,(H,18,19);1H. The molecule has 5 nitrogen and oxygen atoms in total. The van der Waals surface area contributed by atoms with Crippen molar-refractivity contribution in [2.75, 3.05) is 27.3 Å². The Bertz CT molecular complexity index is 467. The zero-order valence-electron chi connectivity index (χ0n) is 13.9. The lowest BCUT2D eigenvalue weighted by Gasteiger charge is -2.17. The molecule has 0 bridgehead atoms. The average molecular weight is 331 g/mol. The van der Waals surface area contributed by atoms with Gasteiger partial charge >= 0.3 is 0 Å². The van der Waals surface area contributed by atoms with Crippen LogP contribution in [-0.4, -0.2) is 33.2 Å². The maximum Gasteiger partial charge on any atom is 0.234 e. The maximum absolute atomic E-state index is 11.6. The number of amides is 1. The first-order valence-electron chi connectivity index (χ1n) is 7.22. The van der Waals surface area contributed by atoms with Gasteiger partial charge in [0.25, 0.3) is 0 Å². The second-order valence-electron chi connectivity index (χ2n) is 5.43. The minimum absolute atomic E-state index is 0. The van der Waals surface area contributed by atoms with E-state index in [2.05, 4.69) is 24.5 Å². The van der Waals surface area contributed by atoms with Crippen LogP contribution < -0.4 is 20.1 Å². The van der Waals surface area contributed by atoms with Crippen molar-refractivity contribution in [3.8, 4) is 11.5 Å². The SMILES string of the molecule is CNCC(=O)NC(C)c1ccc(OCC(C)C)c(OC)c1.Cl. The third-order valence-electron chi connectivity index (χ3n) is 2.97. The van der Waals surface area contributed by atoms with E-state index in [1.807, 2.05) is 25.1 Å². The number of rotatable bonds is 8. The van der Waals surface area contributed by atoms with E-state index < -0.39 is 0 Å². The molecule has 0 radical (unpaired) electrons. The number of carbonyl (C=O) groups is 1. The Balaban J connectivity index is 0.00000441. The van der Waals surface area contributed by atoms with Gasteiger partial charge < -0.3 is 20.1 Å². The minimum atomic E-state index is -0.0844. The molecule has 0 aliphatic rings.